The van der Waals surface area contributed by atoms with Crippen molar-refractivity contribution >= 4 is 37.5 Å². The molecule has 6 heteroatoms. The van der Waals surface area contributed by atoms with Gasteiger partial charge in [0, 0.05) is 25.0 Å². The number of likely N-dealkylation sites (N-methyl/N-ethyl adjacent to an activating group) is 1. The largest absolute Gasteiger partial charge is 0.336 e. The molecule has 0 amide bonds. The number of thiazole rings is 1. The van der Waals surface area contributed by atoms with Crippen molar-refractivity contribution in [2.75, 3.05) is 13.6 Å². The Morgan fingerprint density at radius 3 is 3.00 bits per heavy atom. The zero-order chi connectivity index (χ0) is 16.2. The summed E-state index contributed by atoms with van der Waals surface area (Å²) in [5.41, 5.74) is 2.46. The summed E-state index contributed by atoms with van der Waals surface area (Å²) in [5.74, 6) is 0. The van der Waals surface area contributed by atoms with Crippen molar-refractivity contribution in [1.82, 2.24) is 19.4 Å². The van der Waals surface area contributed by atoms with E-state index in [1.54, 1.807) is 11.3 Å². The Labute approximate surface area is 149 Å². The Morgan fingerprint density at radius 2 is 2.26 bits per heavy atom. The van der Waals surface area contributed by atoms with Crippen LogP contribution in [0.4, 0.5) is 0 Å². The molecule has 3 aromatic rings. The summed E-state index contributed by atoms with van der Waals surface area (Å²) in [6.07, 6.45) is 8.00. The number of hydrogen-bond acceptors (Lipinski definition) is 4. The predicted molar refractivity (Wildman–Crippen MR) is 100.0 cm³/mol. The molecule has 0 fully saturated rings. The molecule has 23 heavy (non-hydrogen) atoms. The molecule has 0 aliphatic rings. The predicted octanol–water partition coefficient (Wildman–Crippen LogP) is 4.21. The van der Waals surface area contributed by atoms with E-state index in [0.29, 0.717) is 6.04 Å². The molecule has 3 rings (SSSR count). The molecule has 0 aliphatic heterocycles. The highest BCUT2D eigenvalue weighted by atomic mass is 79.9. The van der Waals surface area contributed by atoms with Crippen LogP contribution in [0.3, 0.4) is 0 Å². The number of aryl methyl sites for hydroxylation is 1. The first kappa shape index (κ1) is 16.6. The number of nitrogens with zero attached hydrogens (tertiary/aromatic N) is 4. The van der Waals surface area contributed by atoms with E-state index >= 15 is 0 Å². The lowest BCUT2D eigenvalue weighted by Gasteiger charge is -2.27. The van der Waals surface area contributed by atoms with Gasteiger partial charge in [-0.1, -0.05) is 13.0 Å². The van der Waals surface area contributed by atoms with Crippen LogP contribution in [0.15, 0.2) is 40.8 Å². The molecule has 0 bridgehead atoms. The van der Waals surface area contributed by atoms with Crippen LogP contribution in [0.2, 0.25) is 0 Å². The standard InChI is InChI=1S/C17H21BrN4S/c1-3-21(2)14(11-22-9-8-19-12-22)6-4-13-5-7-15-16(10-13)23-17(18)20-15/h5,7-10,12,14H,3-4,6,11H2,1-2H3. The molecule has 2 aromatic heterocycles. The summed E-state index contributed by atoms with van der Waals surface area (Å²) in [7, 11) is 2.20. The van der Waals surface area contributed by atoms with Crippen molar-refractivity contribution in [2.45, 2.75) is 32.4 Å². The molecule has 0 aliphatic carbocycles. The van der Waals surface area contributed by atoms with Crippen molar-refractivity contribution in [2.24, 2.45) is 0 Å². The maximum Gasteiger partial charge on any atom is 0.160 e. The van der Waals surface area contributed by atoms with Crippen LogP contribution >= 0.6 is 27.3 Å². The van der Waals surface area contributed by atoms with Crippen molar-refractivity contribution in [3.05, 3.63) is 46.4 Å². The summed E-state index contributed by atoms with van der Waals surface area (Å²) in [5, 5.41) is 0. The van der Waals surface area contributed by atoms with E-state index in [4.69, 9.17) is 0 Å². The Bertz CT molecular complexity index is 753. The molecule has 0 N–H and O–H groups in total. The van der Waals surface area contributed by atoms with Gasteiger partial charge in [0.25, 0.3) is 0 Å². The van der Waals surface area contributed by atoms with Gasteiger partial charge in [0.15, 0.2) is 3.92 Å². The Kier molecular flexibility index (Phi) is 5.46. The third-order valence-electron chi connectivity index (χ3n) is 4.30. The van der Waals surface area contributed by atoms with Crippen molar-refractivity contribution in [3.63, 3.8) is 0 Å². The van der Waals surface area contributed by atoms with Crippen LogP contribution in [0, 0.1) is 0 Å². The monoisotopic (exact) mass is 392 g/mol. The summed E-state index contributed by atoms with van der Waals surface area (Å²) >= 11 is 5.16. The van der Waals surface area contributed by atoms with Gasteiger partial charge in [0.05, 0.1) is 16.5 Å². The third kappa shape index (κ3) is 4.19. The van der Waals surface area contributed by atoms with Gasteiger partial charge in [-0.15, -0.1) is 11.3 Å². The van der Waals surface area contributed by atoms with Crippen LogP contribution in [0.1, 0.15) is 18.9 Å². The minimum absolute atomic E-state index is 0.512. The number of fused-ring (bicyclic) bond motifs is 1. The van der Waals surface area contributed by atoms with Gasteiger partial charge in [-0.25, -0.2) is 9.97 Å². The van der Waals surface area contributed by atoms with Crippen LogP contribution in [-0.4, -0.2) is 39.1 Å². The minimum atomic E-state index is 0.512. The lowest BCUT2D eigenvalue weighted by molar-refractivity contribution is 0.218. The molecule has 1 unspecified atom stereocenters. The lowest BCUT2D eigenvalue weighted by atomic mass is 10.0. The highest BCUT2D eigenvalue weighted by molar-refractivity contribution is 9.11. The van der Waals surface area contributed by atoms with E-state index in [-0.39, 0.29) is 0 Å². The molecule has 2 heterocycles. The van der Waals surface area contributed by atoms with Crippen LogP contribution in [0.25, 0.3) is 10.2 Å². The molecular weight excluding hydrogens is 372 g/mol. The Hall–Kier alpha value is -1.24. The van der Waals surface area contributed by atoms with E-state index in [0.717, 1.165) is 35.4 Å². The van der Waals surface area contributed by atoms with Gasteiger partial charge < -0.3 is 9.47 Å². The van der Waals surface area contributed by atoms with Gasteiger partial charge in [-0.3, -0.25) is 0 Å². The Balaban J connectivity index is 1.68. The normalized spacial score (nSPS) is 13.0. The van der Waals surface area contributed by atoms with E-state index in [9.17, 15) is 0 Å². The van der Waals surface area contributed by atoms with Crippen molar-refractivity contribution in [3.8, 4) is 0 Å². The van der Waals surface area contributed by atoms with Crippen molar-refractivity contribution < 1.29 is 0 Å². The zero-order valence-corrected chi connectivity index (χ0v) is 15.8. The molecule has 0 saturated heterocycles. The molecule has 4 nitrogen and oxygen atoms in total. The van der Waals surface area contributed by atoms with E-state index in [2.05, 4.69) is 67.5 Å². The fourth-order valence-corrected chi connectivity index (χ4v) is 4.25. The fourth-order valence-electron chi connectivity index (χ4n) is 2.78. The molecule has 1 aromatic carbocycles. The molecular formula is C17H21BrN4S. The van der Waals surface area contributed by atoms with Gasteiger partial charge in [-0.2, -0.15) is 0 Å². The SMILES string of the molecule is CCN(C)C(CCc1ccc2nc(Br)sc2c1)Cn1ccnc1. The number of aromatic nitrogens is 3. The maximum absolute atomic E-state index is 4.46. The summed E-state index contributed by atoms with van der Waals surface area (Å²) in [6, 6.07) is 7.12. The summed E-state index contributed by atoms with van der Waals surface area (Å²) in [6.45, 7) is 4.25. The zero-order valence-electron chi connectivity index (χ0n) is 13.4. The first-order valence-electron chi connectivity index (χ1n) is 7.86. The van der Waals surface area contributed by atoms with Crippen LogP contribution < -0.4 is 0 Å². The summed E-state index contributed by atoms with van der Waals surface area (Å²) < 4.78 is 4.37. The van der Waals surface area contributed by atoms with Crippen LogP contribution in [-0.2, 0) is 13.0 Å². The molecule has 1 atom stereocenters. The highest BCUT2D eigenvalue weighted by Crippen LogP contribution is 2.27. The number of halogens is 1. The highest BCUT2D eigenvalue weighted by Gasteiger charge is 2.14. The number of imidazole rings is 1. The van der Waals surface area contributed by atoms with E-state index < -0.39 is 0 Å². The molecule has 0 spiro atoms. The fraction of sp³-hybridized carbons (Fsp3) is 0.412. The molecule has 0 saturated carbocycles. The van der Waals surface area contributed by atoms with Gasteiger partial charge in [0.1, 0.15) is 0 Å². The second kappa shape index (κ2) is 7.55. The second-order valence-corrected chi connectivity index (χ2v) is 8.10. The molecule has 122 valence electrons. The van der Waals surface area contributed by atoms with Gasteiger partial charge in [-0.05, 0) is 60.1 Å². The number of rotatable bonds is 7. The summed E-state index contributed by atoms with van der Waals surface area (Å²) in [4.78, 5) is 11.0. The first-order valence-corrected chi connectivity index (χ1v) is 9.47. The quantitative estimate of drug-likeness (QED) is 0.603. The van der Waals surface area contributed by atoms with E-state index in [1.165, 1.54) is 10.3 Å². The van der Waals surface area contributed by atoms with Crippen LogP contribution in [0.5, 0.6) is 0 Å². The van der Waals surface area contributed by atoms with E-state index in [1.807, 2.05) is 18.7 Å². The maximum atomic E-state index is 4.46. The van der Waals surface area contributed by atoms with Gasteiger partial charge >= 0.3 is 0 Å². The second-order valence-electron chi connectivity index (χ2n) is 5.79. The minimum Gasteiger partial charge on any atom is -0.336 e. The van der Waals surface area contributed by atoms with Crippen molar-refractivity contribution in [1.29, 1.82) is 0 Å². The lowest BCUT2D eigenvalue weighted by Crippen LogP contribution is -2.35. The number of hydrogen-bond donors (Lipinski definition) is 0. The average Bonchev–Trinajstić information content (AvgIpc) is 3.18. The smallest absolute Gasteiger partial charge is 0.160 e. The first-order chi connectivity index (χ1) is 11.2. The third-order valence-corrected chi connectivity index (χ3v) is 5.77. The number of benzene rings is 1. The molecule has 0 radical (unpaired) electrons. The average molecular weight is 393 g/mol. The topological polar surface area (TPSA) is 34.0 Å². The Morgan fingerprint density at radius 1 is 1.39 bits per heavy atom. The van der Waals surface area contributed by atoms with Gasteiger partial charge in [0.2, 0.25) is 0 Å².